The highest BCUT2D eigenvalue weighted by Gasteiger charge is 2.36. The molecule has 0 spiro atoms. The lowest BCUT2D eigenvalue weighted by atomic mass is 10.1. The first-order valence-electron chi connectivity index (χ1n) is 10.1. The summed E-state index contributed by atoms with van der Waals surface area (Å²) in [4.78, 5) is 50.5. The van der Waals surface area contributed by atoms with Crippen LogP contribution in [-0.2, 0) is 22.5 Å². The third-order valence-electron chi connectivity index (χ3n) is 5.83. The number of carbonyl (C=O) groups excluding carboxylic acids is 1. The van der Waals surface area contributed by atoms with E-state index in [2.05, 4.69) is 0 Å². The van der Waals surface area contributed by atoms with Gasteiger partial charge in [-0.2, -0.15) is 0 Å². The van der Waals surface area contributed by atoms with E-state index in [0.717, 1.165) is 9.13 Å². The van der Waals surface area contributed by atoms with Crippen molar-refractivity contribution in [2.45, 2.75) is 44.7 Å². The molecule has 2 aliphatic heterocycles. The summed E-state index contributed by atoms with van der Waals surface area (Å²) < 4.78 is 7.47. The zero-order chi connectivity index (χ0) is 23.2. The second kappa shape index (κ2) is 8.30. The van der Waals surface area contributed by atoms with Crippen molar-refractivity contribution in [3.05, 3.63) is 66.5 Å². The number of anilines is 1. The Labute approximate surface area is 181 Å². The van der Waals surface area contributed by atoms with Crippen molar-refractivity contribution in [3.8, 4) is 0 Å². The van der Waals surface area contributed by atoms with Crippen molar-refractivity contribution < 1.29 is 24.7 Å². The summed E-state index contributed by atoms with van der Waals surface area (Å²) >= 11 is 0. The Balaban J connectivity index is 1.63. The van der Waals surface area contributed by atoms with Crippen LogP contribution >= 0.6 is 0 Å². The maximum Gasteiger partial charge on any atom is 0.333 e. The molecular formula is C20H22N4O8. The van der Waals surface area contributed by atoms with Crippen LogP contribution < -0.4 is 16.1 Å². The maximum atomic E-state index is 13.0. The summed E-state index contributed by atoms with van der Waals surface area (Å²) in [6.45, 7) is 0.836. The van der Waals surface area contributed by atoms with Crippen molar-refractivity contribution in [2.24, 2.45) is 0 Å². The molecule has 170 valence electrons. The topological polar surface area (TPSA) is 157 Å². The average Bonchev–Trinajstić information content (AvgIpc) is 3.36. The molecule has 2 aliphatic rings. The van der Waals surface area contributed by atoms with E-state index < -0.39 is 53.7 Å². The number of hydrogen-bond donors (Lipinski definition) is 2. The van der Waals surface area contributed by atoms with Gasteiger partial charge in [0.2, 0.25) is 5.91 Å². The Bertz CT molecular complexity index is 1200. The summed E-state index contributed by atoms with van der Waals surface area (Å²) in [7, 11) is 0. The molecule has 1 aromatic heterocycles. The number of hydrogen-bond acceptors (Lipinski definition) is 8. The summed E-state index contributed by atoms with van der Waals surface area (Å²) in [6, 6.07) is 4.20. The summed E-state index contributed by atoms with van der Waals surface area (Å²) in [6.07, 6.45) is -0.916. The molecule has 0 radical (unpaired) electrons. The van der Waals surface area contributed by atoms with E-state index >= 15 is 0 Å². The normalized spacial score (nSPS) is 22.2. The number of aromatic nitrogens is 2. The van der Waals surface area contributed by atoms with Crippen LogP contribution in [0.1, 0.15) is 23.8 Å². The monoisotopic (exact) mass is 446 g/mol. The lowest BCUT2D eigenvalue weighted by Gasteiger charge is -2.20. The Hall–Kier alpha value is -3.35. The van der Waals surface area contributed by atoms with E-state index in [4.69, 9.17) is 4.74 Å². The predicted octanol–water partition coefficient (Wildman–Crippen LogP) is -0.543. The fraction of sp³-hybridized carbons (Fsp3) is 0.450. The van der Waals surface area contributed by atoms with Gasteiger partial charge >= 0.3 is 5.69 Å². The summed E-state index contributed by atoms with van der Waals surface area (Å²) in [5, 5.41) is 30.2. The van der Waals surface area contributed by atoms with Gasteiger partial charge in [-0.25, -0.2) is 4.79 Å². The number of nitro groups is 1. The van der Waals surface area contributed by atoms with E-state index in [9.17, 15) is 34.7 Å². The number of rotatable bonds is 5. The Kier molecular flexibility index (Phi) is 5.67. The van der Waals surface area contributed by atoms with Crippen molar-refractivity contribution in [1.82, 2.24) is 9.13 Å². The lowest BCUT2D eigenvalue weighted by Crippen LogP contribution is -2.46. The van der Waals surface area contributed by atoms with Crippen molar-refractivity contribution >= 4 is 17.3 Å². The number of ether oxygens (including phenoxy) is 1. The standard InChI is InChI=1S/C20H22N4O8/c1-11-8-22(18-7-15(26)16(10-25)32-18)20(29)23(19(11)28)9-17(27)21-5-4-12-6-13(24(30)31)2-3-14(12)21/h2-3,6,8,15-16,18,25-26H,4-5,7,9-10H2,1H3/t15-,16+,18-/m0/s1. The number of fused-ring (bicyclic) bond motifs is 1. The molecule has 3 atom stereocenters. The minimum atomic E-state index is -0.968. The van der Waals surface area contributed by atoms with Crippen LogP contribution in [0.5, 0.6) is 0 Å². The van der Waals surface area contributed by atoms with Gasteiger partial charge in [-0.1, -0.05) is 0 Å². The quantitative estimate of drug-likeness (QED) is 0.458. The maximum absolute atomic E-state index is 13.0. The zero-order valence-electron chi connectivity index (χ0n) is 17.2. The molecule has 1 aromatic carbocycles. The molecule has 0 unspecified atom stereocenters. The van der Waals surface area contributed by atoms with Crippen LogP contribution in [0.2, 0.25) is 0 Å². The average molecular weight is 446 g/mol. The van der Waals surface area contributed by atoms with Crippen LogP contribution in [0.15, 0.2) is 34.0 Å². The van der Waals surface area contributed by atoms with Gasteiger partial charge < -0.3 is 19.8 Å². The summed E-state index contributed by atoms with van der Waals surface area (Å²) in [5.74, 6) is -0.505. The lowest BCUT2D eigenvalue weighted by molar-refractivity contribution is -0.384. The van der Waals surface area contributed by atoms with Gasteiger partial charge in [0.1, 0.15) is 18.9 Å². The minimum absolute atomic E-state index is 0.0506. The molecule has 12 heteroatoms. The smallest absolute Gasteiger partial charge is 0.333 e. The number of carbonyl (C=O) groups is 1. The third kappa shape index (κ3) is 3.72. The largest absolute Gasteiger partial charge is 0.394 e. The first kappa shape index (κ1) is 21.9. The van der Waals surface area contributed by atoms with Crippen LogP contribution in [-0.4, -0.2) is 55.5 Å². The van der Waals surface area contributed by atoms with Crippen LogP contribution in [0.3, 0.4) is 0 Å². The third-order valence-corrected chi connectivity index (χ3v) is 5.83. The SMILES string of the molecule is Cc1cn([C@@H]2C[C@H](O)[C@@H](CO)O2)c(=O)n(CC(=O)N2CCc3cc([N+](=O)[O-])ccc32)c1=O. The molecule has 32 heavy (non-hydrogen) atoms. The number of nitro benzene ring substituents is 1. The van der Waals surface area contributed by atoms with E-state index in [1.165, 1.54) is 36.2 Å². The highest BCUT2D eigenvalue weighted by Crippen LogP contribution is 2.31. The van der Waals surface area contributed by atoms with Gasteiger partial charge in [-0.15, -0.1) is 0 Å². The van der Waals surface area contributed by atoms with Crippen LogP contribution in [0, 0.1) is 17.0 Å². The molecule has 1 saturated heterocycles. The second-order valence-corrected chi connectivity index (χ2v) is 7.87. The second-order valence-electron chi connectivity index (χ2n) is 7.87. The molecular weight excluding hydrogens is 424 g/mol. The van der Waals surface area contributed by atoms with Gasteiger partial charge in [0.05, 0.1) is 17.6 Å². The Morgan fingerprint density at radius 2 is 2.09 bits per heavy atom. The van der Waals surface area contributed by atoms with E-state index in [1.807, 2.05) is 0 Å². The molecule has 1 fully saturated rings. The highest BCUT2D eigenvalue weighted by atomic mass is 16.6. The number of aliphatic hydroxyl groups excluding tert-OH is 2. The van der Waals surface area contributed by atoms with Gasteiger partial charge in [0.15, 0.2) is 0 Å². The fourth-order valence-electron chi connectivity index (χ4n) is 4.14. The summed E-state index contributed by atoms with van der Waals surface area (Å²) in [5.41, 5.74) is -0.108. The number of amides is 1. The first-order valence-corrected chi connectivity index (χ1v) is 10.1. The number of non-ortho nitro benzene ring substituents is 1. The fourth-order valence-corrected chi connectivity index (χ4v) is 4.14. The Morgan fingerprint density at radius 1 is 1.34 bits per heavy atom. The van der Waals surface area contributed by atoms with Crippen molar-refractivity contribution in [1.29, 1.82) is 0 Å². The molecule has 0 saturated carbocycles. The molecule has 12 nitrogen and oxygen atoms in total. The number of benzene rings is 1. The molecule has 1 amide bonds. The minimum Gasteiger partial charge on any atom is -0.394 e. The molecule has 3 heterocycles. The highest BCUT2D eigenvalue weighted by molar-refractivity contribution is 5.95. The molecule has 0 aliphatic carbocycles. The van der Waals surface area contributed by atoms with Gasteiger partial charge in [-0.05, 0) is 25.0 Å². The van der Waals surface area contributed by atoms with Gasteiger partial charge in [0.25, 0.3) is 11.2 Å². The zero-order valence-corrected chi connectivity index (χ0v) is 17.2. The van der Waals surface area contributed by atoms with E-state index in [1.54, 1.807) is 0 Å². The predicted molar refractivity (Wildman–Crippen MR) is 110 cm³/mol. The first-order chi connectivity index (χ1) is 15.2. The van der Waals surface area contributed by atoms with E-state index in [-0.39, 0.29) is 24.2 Å². The van der Waals surface area contributed by atoms with Crippen LogP contribution in [0.4, 0.5) is 11.4 Å². The number of aryl methyl sites for hydroxylation is 1. The van der Waals surface area contributed by atoms with Gasteiger partial charge in [-0.3, -0.25) is 28.8 Å². The molecule has 2 N–H and O–H groups in total. The van der Waals surface area contributed by atoms with E-state index in [0.29, 0.717) is 17.7 Å². The van der Waals surface area contributed by atoms with Gasteiger partial charge in [0, 0.05) is 42.5 Å². The molecule has 2 aromatic rings. The number of nitrogens with zero attached hydrogens (tertiary/aromatic N) is 4. The number of aliphatic hydroxyl groups is 2. The Morgan fingerprint density at radius 3 is 2.75 bits per heavy atom. The molecule has 4 rings (SSSR count). The van der Waals surface area contributed by atoms with Crippen LogP contribution in [0.25, 0.3) is 0 Å². The van der Waals surface area contributed by atoms with Crippen molar-refractivity contribution in [3.63, 3.8) is 0 Å². The molecule has 0 bridgehead atoms. The van der Waals surface area contributed by atoms with Crippen molar-refractivity contribution in [2.75, 3.05) is 18.1 Å².